The third-order valence-electron chi connectivity index (χ3n) is 6.51. The van der Waals surface area contributed by atoms with Crippen LogP contribution < -0.4 is 10.1 Å². The first-order chi connectivity index (χ1) is 15.5. The number of benzene rings is 1. The van der Waals surface area contributed by atoms with E-state index in [9.17, 15) is 4.79 Å². The van der Waals surface area contributed by atoms with Crippen molar-refractivity contribution in [2.75, 3.05) is 32.6 Å². The molecule has 0 saturated carbocycles. The Morgan fingerprint density at radius 2 is 2.12 bits per heavy atom. The van der Waals surface area contributed by atoms with Gasteiger partial charge in [0.1, 0.15) is 5.75 Å². The topological polar surface area (TPSA) is 88.4 Å². The van der Waals surface area contributed by atoms with Gasteiger partial charge in [-0.3, -0.25) is 4.79 Å². The molecule has 3 aromatic rings. The maximum atomic E-state index is 11.9. The predicted octanol–water partition coefficient (Wildman–Crippen LogP) is 2.58. The summed E-state index contributed by atoms with van der Waals surface area (Å²) in [7, 11) is 3.82. The molecule has 5 rings (SSSR count). The lowest BCUT2D eigenvalue weighted by molar-refractivity contribution is -0.129. The molecule has 32 heavy (non-hydrogen) atoms. The van der Waals surface area contributed by atoms with Gasteiger partial charge >= 0.3 is 0 Å². The van der Waals surface area contributed by atoms with Gasteiger partial charge in [-0.05, 0) is 49.6 Å². The molecule has 168 valence electrons. The molecule has 0 unspecified atom stereocenters. The van der Waals surface area contributed by atoms with Gasteiger partial charge in [0, 0.05) is 32.8 Å². The number of methoxy groups -OCH3 is 1. The van der Waals surface area contributed by atoms with Gasteiger partial charge in [0.25, 0.3) is 0 Å². The van der Waals surface area contributed by atoms with Crippen molar-refractivity contribution < 1.29 is 9.53 Å². The average Bonchev–Trinajstić information content (AvgIpc) is 3.41. The first kappa shape index (κ1) is 20.7. The van der Waals surface area contributed by atoms with Crippen molar-refractivity contribution in [2.24, 2.45) is 0 Å². The molecule has 1 aromatic carbocycles. The minimum atomic E-state index is 0.117. The molecule has 0 radical (unpaired) electrons. The van der Waals surface area contributed by atoms with Gasteiger partial charge in [0.05, 0.1) is 37.0 Å². The molecule has 0 spiro atoms. The van der Waals surface area contributed by atoms with Gasteiger partial charge in [-0.25, -0.2) is 9.67 Å². The van der Waals surface area contributed by atoms with Crippen molar-refractivity contribution in [1.82, 2.24) is 29.5 Å². The fourth-order valence-corrected chi connectivity index (χ4v) is 4.81. The number of likely N-dealkylation sites (N-methyl/N-ethyl adjacent to an activating group) is 1. The van der Waals surface area contributed by atoms with Crippen LogP contribution >= 0.6 is 0 Å². The van der Waals surface area contributed by atoms with Crippen LogP contribution in [0.2, 0.25) is 0 Å². The summed E-state index contributed by atoms with van der Waals surface area (Å²) >= 11 is 0. The standard InChI is InChI=1S/C23H29N7O2/c1-15(31)29-7-4-5-19(29)14-30-22-18(12-25-30)11-24-23(27-22)26-20-9-17-13-28(2)8-6-16(17)10-21(20)32-3/h9-12,19H,4-8,13-14H2,1-3H3,(H,24,26,27)/t19-/m1/s1. The number of aromatic nitrogens is 4. The highest BCUT2D eigenvalue weighted by Crippen LogP contribution is 2.33. The number of amides is 1. The summed E-state index contributed by atoms with van der Waals surface area (Å²) < 4.78 is 7.53. The van der Waals surface area contributed by atoms with Crippen LogP contribution in [0, 0.1) is 0 Å². The van der Waals surface area contributed by atoms with E-state index in [0.717, 1.165) is 61.4 Å². The second-order valence-corrected chi connectivity index (χ2v) is 8.74. The van der Waals surface area contributed by atoms with Gasteiger partial charge in [-0.1, -0.05) is 0 Å². The number of rotatable bonds is 5. The minimum Gasteiger partial charge on any atom is -0.495 e. The molecule has 1 atom stereocenters. The molecule has 2 aliphatic heterocycles. The number of anilines is 2. The summed E-state index contributed by atoms with van der Waals surface area (Å²) in [6.45, 7) is 5.04. The number of ether oxygens (including phenoxy) is 1. The normalized spacial score (nSPS) is 18.7. The Morgan fingerprint density at radius 3 is 2.94 bits per heavy atom. The number of hydrogen-bond acceptors (Lipinski definition) is 7. The molecular formula is C23H29N7O2. The monoisotopic (exact) mass is 435 g/mol. The summed E-state index contributed by atoms with van der Waals surface area (Å²) in [5.74, 6) is 1.40. The van der Waals surface area contributed by atoms with Crippen LogP contribution in [0.4, 0.5) is 11.6 Å². The quantitative estimate of drug-likeness (QED) is 0.659. The van der Waals surface area contributed by atoms with Crippen LogP contribution in [0.5, 0.6) is 5.75 Å². The molecule has 4 heterocycles. The smallest absolute Gasteiger partial charge is 0.229 e. The second kappa shape index (κ2) is 8.38. The zero-order valence-electron chi connectivity index (χ0n) is 18.8. The third-order valence-corrected chi connectivity index (χ3v) is 6.51. The number of carbonyl (C=O) groups excluding carboxylic acids is 1. The minimum absolute atomic E-state index is 0.117. The molecule has 9 heteroatoms. The maximum absolute atomic E-state index is 11.9. The van der Waals surface area contributed by atoms with Crippen LogP contribution in [-0.2, 0) is 24.3 Å². The lowest BCUT2D eigenvalue weighted by atomic mass is 9.99. The van der Waals surface area contributed by atoms with E-state index in [1.165, 1.54) is 11.1 Å². The molecule has 0 aliphatic carbocycles. The Balaban J connectivity index is 1.43. The molecule has 1 saturated heterocycles. The van der Waals surface area contributed by atoms with Crippen LogP contribution in [-0.4, -0.2) is 68.7 Å². The van der Waals surface area contributed by atoms with Crippen molar-refractivity contribution >= 4 is 28.6 Å². The number of hydrogen-bond donors (Lipinski definition) is 1. The third kappa shape index (κ3) is 3.88. The summed E-state index contributed by atoms with van der Waals surface area (Å²) in [5.41, 5.74) is 4.23. The van der Waals surface area contributed by atoms with Crippen molar-refractivity contribution in [3.05, 3.63) is 35.7 Å². The first-order valence-corrected chi connectivity index (χ1v) is 11.1. The van der Waals surface area contributed by atoms with E-state index in [-0.39, 0.29) is 11.9 Å². The van der Waals surface area contributed by atoms with Crippen LogP contribution in [0.15, 0.2) is 24.5 Å². The van der Waals surface area contributed by atoms with E-state index in [4.69, 9.17) is 9.72 Å². The van der Waals surface area contributed by atoms with E-state index in [0.29, 0.717) is 12.5 Å². The van der Waals surface area contributed by atoms with Gasteiger partial charge < -0.3 is 19.9 Å². The Labute approximate surface area is 187 Å². The van der Waals surface area contributed by atoms with Crippen molar-refractivity contribution in [2.45, 2.75) is 45.3 Å². The highest BCUT2D eigenvalue weighted by molar-refractivity contribution is 5.76. The second-order valence-electron chi connectivity index (χ2n) is 8.74. The average molecular weight is 436 g/mol. The van der Waals surface area contributed by atoms with Crippen LogP contribution in [0.25, 0.3) is 11.0 Å². The van der Waals surface area contributed by atoms with E-state index in [2.05, 4.69) is 39.5 Å². The van der Waals surface area contributed by atoms with Gasteiger partial charge in [-0.15, -0.1) is 0 Å². The Bertz CT molecular complexity index is 1160. The zero-order valence-corrected chi connectivity index (χ0v) is 18.8. The number of fused-ring (bicyclic) bond motifs is 2. The SMILES string of the molecule is COc1cc2c(cc1Nc1ncc3cnn(C[C@H]4CCCN4C(C)=O)c3n1)CN(C)CC2. The Kier molecular flexibility index (Phi) is 5.42. The lowest BCUT2D eigenvalue weighted by Crippen LogP contribution is -2.36. The van der Waals surface area contributed by atoms with Crippen molar-refractivity contribution in [3.63, 3.8) is 0 Å². The van der Waals surface area contributed by atoms with Crippen LogP contribution in [0.3, 0.4) is 0 Å². The van der Waals surface area contributed by atoms with Crippen molar-refractivity contribution in [1.29, 1.82) is 0 Å². The number of nitrogens with zero attached hydrogens (tertiary/aromatic N) is 6. The number of likely N-dealkylation sites (tertiary alicyclic amines) is 1. The summed E-state index contributed by atoms with van der Waals surface area (Å²) in [6, 6.07) is 4.40. The van der Waals surface area contributed by atoms with E-state index in [1.54, 1.807) is 26.4 Å². The molecule has 1 fully saturated rings. The molecule has 2 aliphatic rings. The zero-order chi connectivity index (χ0) is 22.2. The fourth-order valence-electron chi connectivity index (χ4n) is 4.81. The molecule has 0 bridgehead atoms. The summed E-state index contributed by atoms with van der Waals surface area (Å²) in [6.07, 6.45) is 6.59. The van der Waals surface area contributed by atoms with Gasteiger partial charge in [-0.2, -0.15) is 10.1 Å². The summed E-state index contributed by atoms with van der Waals surface area (Å²) in [5, 5.41) is 8.74. The number of nitrogens with one attached hydrogen (secondary N) is 1. The van der Waals surface area contributed by atoms with Crippen LogP contribution in [0.1, 0.15) is 30.9 Å². The first-order valence-electron chi connectivity index (χ1n) is 11.1. The lowest BCUT2D eigenvalue weighted by Gasteiger charge is -2.26. The van der Waals surface area contributed by atoms with Gasteiger partial charge in [0.2, 0.25) is 11.9 Å². The highest BCUT2D eigenvalue weighted by atomic mass is 16.5. The maximum Gasteiger partial charge on any atom is 0.229 e. The number of carbonyl (C=O) groups is 1. The van der Waals surface area contributed by atoms with Gasteiger partial charge in [0.15, 0.2) is 5.65 Å². The molecule has 1 N–H and O–H groups in total. The highest BCUT2D eigenvalue weighted by Gasteiger charge is 2.27. The van der Waals surface area contributed by atoms with Crippen molar-refractivity contribution in [3.8, 4) is 5.75 Å². The van der Waals surface area contributed by atoms with E-state index < -0.39 is 0 Å². The van der Waals surface area contributed by atoms with E-state index >= 15 is 0 Å². The Hall–Kier alpha value is -3.20. The largest absolute Gasteiger partial charge is 0.495 e. The Morgan fingerprint density at radius 1 is 1.25 bits per heavy atom. The predicted molar refractivity (Wildman–Crippen MR) is 122 cm³/mol. The fraction of sp³-hybridized carbons (Fsp3) is 0.478. The molecule has 9 nitrogen and oxygen atoms in total. The molecule has 2 aromatic heterocycles. The molecular weight excluding hydrogens is 406 g/mol. The van der Waals surface area contributed by atoms with E-state index in [1.807, 2.05) is 9.58 Å². The summed E-state index contributed by atoms with van der Waals surface area (Å²) in [4.78, 5) is 25.4. The molecule has 1 amide bonds.